The van der Waals surface area contributed by atoms with E-state index in [2.05, 4.69) is 17.2 Å². The summed E-state index contributed by atoms with van der Waals surface area (Å²) in [4.78, 5) is 0. The summed E-state index contributed by atoms with van der Waals surface area (Å²) >= 11 is 0. The van der Waals surface area contributed by atoms with Crippen molar-refractivity contribution in [3.8, 4) is 0 Å². The molecule has 80 valence electrons. The number of nitrogens with zero attached hydrogens (tertiary/aromatic N) is 3. The first kappa shape index (κ1) is 11.2. The van der Waals surface area contributed by atoms with Crippen molar-refractivity contribution >= 4 is 0 Å². The number of hydrogen-bond acceptors (Lipinski definition) is 3. The second kappa shape index (κ2) is 4.55. The highest BCUT2D eigenvalue weighted by Crippen LogP contribution is 2.11. The van der Waals surface area contributed by atoms with Gasteiger partial charge in [-0.2, -0.15) is 0 Å². The fourth-order valence-corrected chi connectivity index (χ4v) is 1.23. The van der Waals surface area contributed by atoms with Gasteiger partial charge < -0.3 is 5.11 Å². The van der Waals surface area contributed by atoms with E-state index in [1.165, 1.54) is 0 Å². The van der Waals surface area contributed by atoms with Gasteiger partial charge in [0.2, 0.25) is 0 Å². The topological polar surface area (TPSA) is 50.9 Å². The number of aliphatic hydroxyl groups is 1. The van der Waals surface area contributed by atoms with Crippen LogP contribution in [0.25, 0.3) is 0 Å². The van der Waals surface area contributed by atoms with E-state index in [1.54, 1.807) is 0 Å². The summed E-state index contributed by atoms with van der Waals surface area (Å²) in [5, 5.41) is 17.6. The summed E-state index contributed by atoms with van der Waals surface area (Å²) in [5.41, 5.74) is 0.342. The molecule has 4 nitrogen and oxygen atoms in total. The van der Waals surface area contributed by atoms with Crippen molar-refractivity contribution in [1.29, 1.82) is 0 Å². The van der Waals surface area contributed by atoms with Crippen LogP contribution in [-0.2, 0) is 13.0 Å². The lowest BCUT2D eigenvalue weighted by Crippen LogP contribution is -2.19. The first-order valence-corrected chi connectivity index (χ1v) is 5.12. The van der Waals surface area contributed by atoms with Gasteiger partial charge in [-0.25, -0.2) is 0 Å². The van der Waals surface area contributed by atoms with Crippen LogP contribution in [0.1, 0.15) is 39.3 Å². The molecule has 0 atom stereocenters. The van der Waals surface area contributed by atoms with Gasteiger partial charge in [0.15, 0.2) is 0 Å². The van der Waals surface area contributed by atoms with Gasteiger partial charge in [-0.05, 0) is 33.1 Å². The summed E-state index contributed by atoms with van der Waals surface area (Å²) < 4.78 is 1.85. The zero-order valence-corrected chi connectivity index (χ0v) is 9.19. The van der Waals surface area contributed by atoms with E-state index in [1.807, 2.05) is 24.7 Å². The van der Waals surface area contributed by atoms with Gasteiger partial charge in [-0.1, -0.05) is 12.1 Å². The zero-order chi connectivity index (χ0) is 10.6. The molecule has 1 heterocycles. The van der Waals surface area contributed by atoms with Crippen molar-refractivity contribution in [1.82, 2.24) is 15.0 Å². The van der Waals surface area contributed by atoms with E-state index in [-0.39, 0.29) is 0 Å². The van der Waals surface area contributed by atoms with Gasteiger partial charge in [0.05, 0.1) is 11.3 Å². The second-order valence-electron chi connectivity index (χ2n) is 4.29. The van der Waals surface area contributed by atoms with Gasteiger partial charge in [0.1, 0.15) is 0 Å². The predicted octanol–water partition coefficient (Wildman–Crippen LogP) is 1.39. The van der Waals surface area contributed by atoms with E-state index in [0.717, 1.165) is 31.5 Å². The molecule has 0 saturated carbocycles. The first-order valence-electron chi connectivity index (χ1n) is 5.12. The van der Waals surface area contributed by atoms with E-state index >= 15 is 0 Å². The summed E-state index contributed by atoms with van der Waals surface area (Å²) in [6.45, 7) is 6.64. The van der Waals surface area contributed by atoms with Crippen LogP contribution in [0.15, 0.2) is 6.20 Å². The second-order valence-corrected chi connectivity index (χ2v) is 4.29. The fraction of sp³-hybridized carbons (Fsp3) is 0.800. The van der Waals surface area contributed by atoms with Crippen molar-refractivity contribution in [3.05, 3.63) is 11.9 Å². The predicted molar refractivity (Wildman–Crippen MR) is 54.9 cm³/mol. The highest BCUT2D eigenvalue weighted by atomic mass is 16.3. The van der Waals surface area contributed by atoms with E-state index < -0.39 is 5.60 Å². The minimum absolute atomic E-state index is 0.617. The first-order chi connectivity index (χ1) is 6.51. The molecule has 0 saturated heterocycles. The van der Waals surface area contributed by atoms with Crippen molar-refractivity contribution in [2.75, 3.05) is 0 Å². The maximum Gasteiger partial charge on any atom is 0.0828 e. The van der Waals surface area contributed by atoms with Gasteiger partial charge in [-0.15, -0.1) is 5.10 Å². The molecule has 1 aromatic rings. The Morgan fingerprint density at radius 1 is 1.50 bits per heavy atom. The van der Waals surface area contributed by atoms with Gasteiger partial charge in [-0.3, -0.25) is 4.68 Å². The Labute approximate surface area is 84.9 Å². The molecule has 0 fully saturated rings. The molecule has 1 rings (SSSR count). The number of rotatable bonds is 5. The van der Waals surface area contributed by atoms with Gasteiger partial charge in [0, 0.05) is 12.7 Å². The lowest BCUT2D eigenvalue weighted by molar-refractivity contribution is 0.0711. The average Bonchev–Trinajstić information content (AvgIpc) is 2.49. The number of aromatic nitrogens is 3. The van der Waals surface area contributed by atoms with Crippen LogP contribution in [0, 0.1) is 0 Å². The molecule has 0 aliphatic rings. The normalized spacial score (nSPS) is 12.0. The van der Waals surface area contributed by atoms with Crippen LogP contribution in [0.3, 0.4) is 0 Å². The number of hydrogen-bond donors (Lipinski definition) is 1. The van der Waals surface area contributed by atoms with Crippen molar-refractivity contribution < 1.29 is 5.11 Å². The molecular formula is C10H19N3O. The lowest BCUT2D eigenvalue weighted by atomic mass is 10.0. The molecule has 0 amide bonds. The van der Waals surface area contributed by atoms with Crippen LogP contribution in [0.5, 0.6) is 0 Å². The van der Waals surface area contributed by atoms with Crippen LogP contribution in [-0.4, -0.2) is 25.7 Å². The monoisotopic (exact) mass is 197 g/mol. The highest BCUT2D eigenvalue weighted by Gasteiger charge is 2.13. The van der Waals surface area contributed by atoms with Crippen LogP contribution < -0.4 is 0 Å². The smallest absolute Gasteiger partial charge is 0.0828 e. The standard InChI is InChI=1S/C10H19N3O/c1-4-7-13-8-9(11-12-13)5-6-10(2,3)14/h8,14H,4-7H2,1-3H3. The Hall–Kier alpha value is -0.900. The van der Waals surface area contributed by atoms with E-state index in [0.29, 0.717) is 0 Å². The minimum atomic E-state index is -0.617. The van der Waals surface area contributed by atoms with Crippen molar-refractivity contribution in [3.63, 3.8) is 0 Å². The Bertz CT molecular complexity index is 275. The molecule has 0 aliphatic heterocycles. The Morgan fingerprint density at radius 2 is 2.21 bits per heavy atom. The zero-order valence-electron chi connectivity index (χ0n) is 9.19. The molecule has 0 aliphatic carbocycles. The third-order valence-corrected chi connectivity index (χ3v) is 2.03. The summed E-state index contributed by atoms with van der Waals surface area (Å²) in [7, 11) is 0. The van der Waals surface area contributed by atoms with Gasteiger partial charge >= 0.3 is 0 Å². The molecular weight excluding hydrogens is 178 g/mol. The largest absolute Gasteiger partial charge is 0.390 e. The van der Waals surface area contributed by atoms with E-state index in [4.69, 9.17) is 0 Å². The number of aryl methyl sites for hydroxylation is 2. The Morgan fingerprint density at radius 3 is 2.79 bits per heavy atom. The molecule has 0 bridgehead atoms. The third kappa shape index (κ3) is 3.87. The highest BCUT2D eigenvalue weighted by molar-refractivity contribution is 4.93. The minimum Gasteiger partial charge on any atom is -0.390 e. The molecule has 1 aromatic heterocycles. The SMILES string of the molecule is CCCn1cc(CCC(C)(C)O)nn1. The molecule has 0 aromatic carbocycles. The van der Waals surface area contributed by atoms with Crippen LogP contribution in [0.4, 0.5) is 0 Å². The lowest BCUT2D eigenvalue weighted by Gasteiger charge is -2.15. The maximum atomic E-state index is 9.53. The van der Waals surface area contributed by atoms with E-state index in [9.17, 15) is 5.11 Å². The summed E-state index contributed by atoms with van der Waals surface area (Å²) in [5.74, 6) is 0. The van der Waals surface area contributed by atoms with Crippen molar-refractivity contribution in [2.24, 2.45) is 0 Å². The molecule has 14 heavy (non-hydrogen) atoms. The van der Waals surface area contributed by atoms with Crippen molar-refractivity contribution in [2.45, 2.75) is 52.2 Å². The Balaban J connectivity index is 2.44. The van der Waals surface area contributed by atoms with Crippen LogP contribution >= 0.6 is 0 Å². The molecule has 1 N–H and O–H groups in total. The molecule has 4 heteroatoms. The molecule has 0 spiro atoms. The van der Waals surface area contributed by atoms with Crippen LogP contribution in [0.2, 0.25) is 0 Å². The maximum absolute atomic E-state index is 9.53. The Kier molecular flexibility index (Phi) is 3.63. The molecule has 0 unspecified atom stereocenters. The molecule has 0 radical (unpaired) electrons. The third-order valence-electron chi connectivity index (χ3n) is 2.03. The summed E-state index contributed by atoms with van der Waals surface area (Å²) in [6, 6.07) is 0. The average molecular weight is 197 g/mol. The fourth-order valence-electron chi connectivity index (χ4n) is 1.23. The summed E-state index contributed by atoms with van der Waals surface area (Å²) in [6.07, 6.45) is 4.52. The van der Waals surface area contributed by atoms with Gasteiger partial charge in [0.25, 0.3) is 0 Å². The quantitative estimate of drug-likeness (QED) is 0.776.